The highest BCUT2D eigenvalue weighted by Crippen LogP contribution is 2.32. The van der Waals surface area contributed by atoms with Gasteiger partial charge in [0.2, 0.25) is 11.8 Å². The molecular formula is C24H35N3O2. The van der Waals surface area contributed by atoms with Crippen molar-refractivity contribution in [1.82, 2.24) is 15.1 Å². The Morgan fingerprint density at radius 2 is 1.69 bits per heavy atom. The lowest BCUT2D eigenvalue weighted by atomic mass is 9.96. The van der Waals surface area contributed by atoms with Gasteiger partial charge in [-0.25, -0.2) is 0 Å². The van der Waals surface area contributed by atoms with E-state index in [9.17, 15) is 9.59 Å². The second-order valence-corrected chi connectivity index (χ2v) is 9.34. The third kappa shape index (κ3) is 5.39. The summed E-state index contributed by atoms with van der Waals surface area (Å²) < 4.78 is 0. The van der Waals surface area contributed by atoms with Gasteiger partial charge in [-0.1, -0.05) is 31.2 Å². The number of carbonyl (C=O) groups excluding carboxylic acids is 2. The Morgan fingerprint density at radius 3 is 2.41 bits per heavy atom. The van der Waals surface area contributed by atoms with Crippen LogP contribution in [0.1, 0.15) is 56.6 Å². The van der Waals surface area contributed by atoms with Crippen molar-refractivity contribution in [2.24, 2.45) is 17.8 Å². The number of hydrogen-bond donors (Lipinski definition) is 1. The third-order valence-electron chi connectivity index (χ3n) is 6.87. The van der Waals surface area contributed by atoms with Crippen LogP contribution in [0.5, 0.6) is 0 Å². The van der Waals surface area contributed by atoms with E-state index >= 15 is 0 Å². The van der Waals surface area contributed by atoms with Crippen LogP contribution in [0.25, 0.3) is 0 Å². The van der Waals surface area contributed by atoms with Gasteiger partial charge in [0.25, 0.3) is 0 Å². The topological polar surface area (TPSA) is 52.7 Å². The van der Waals surface area contributed by atoms with Gasteiger partial charge in [0.15, 0.2) is 0 Å². The van der Waals surface area contributed by atoms with Crippen molar-refractivity contribution in [2.45, 2.75) is 58.5 Å². The number of piperidine rings is 2. The van der Waals surface area contributed by atoms with E-state index in [2.05, 4.69) is 41.4 Å². The molecule has 29 heavy (non-hydrogen) atoms. The van der Waals surface area contributed by atoms with Gasteiger partial charge in [0.05, 0.1) is 5.92 Å². The predicted octanol–water partition coefficient (Wildman–Crippen LogP) is 3.18. The highest BCUT2D eigenvalue weighted by molar-refractivity contribution is 5.83. The van der Waals surface area contributed by atoms with Crippen LogP contribution in [-0.4, -0.2) is 47.8 Å². The summed E-state index contributed by atoms with van der Waals surface area (Å²) >= 11 is 0. The fraction of sp³-hybridized carbons (Fsp3) is 0.667. The van der Waals surface area contributed by atoms with Crippen molar-refractivity contribution in [3.63, 3.8) is 0 Å². The van der Waals surface area contributed by atoms with Crippen molar-refractivity contribution in [2.75, 3.05) is 26.2 Å². The fourth-order valence-corrected chi connectivity index (χ4v) is 4.65. The number of rotatable bonds is 6. The molecule has 1 N–H and O–H groups in total. The van der Waals surface area contributed by atoms with Crippen molar-refractivity contribution < 1.29 is 9.59 Å². The lowest BCUT2D eigenvalue weighted by molar-refractivity contribution is -0.136. The van der Waals surface area contributed by atoms with Crippen LogP contribution >= 0.6 is 0 Å². The first-order chi connectivity index (χ1) is 14.1. The number of nitrogens with zero attached hydrogens (tertiary/aromatic N) is 2. The Labute approximate surface area is 174 Å². The Balaban J connectivity index is 1.30. The van der Waals surface area contributed by atoms with Crippen LogP contribution in [0.2, 0.25) is 0 Å². The molecule has 5 nitrogen and oxygen atoms in total. The van der Waals surface area contributed by atoms with E-state index < -0.39 is 0 Å². The summed E-state index contributed by atoms with van der Waals surface area (Å²) in [6.07, 6.45) is 6.42. The highest BCUT2D eigenvalue weighted by Gasteiger charge is 2.36. The molecule has 0 bridgehead atoms. The summed E-state index contributed by atoms with van der Waals surface area (Å²) in [5, 5.41) is 3.16. The average Bonchev–Trinajstić information content (AvgIpc) is 3.59. The van der Waals surface area contributed by atoms with Gasteiger partial charge >= 0.3 is 0 Å². The second-order valence-electron chi connectivity index (χ2n) is 9.34. The number of benzene rings is 1. The van der Waals surface area contributed by atoms with Crippen molar-refractivity contribution in [3.8, 4) is 0 Å². The monoisotopic (exact) mass is 397 g/mol. The lowest BCUT2D eigenvalue weighted by Gasteiger charge is -2.32. The van der Waals surface area contributed by atoms with E-state index in [-0.39, 0.29) is 23.7 Å². The summed E-state index contributed by atoms with van der Waals surface area (Å²) in [4.78, 5) is 29.6. The zero-order valence-corrected chi connectivity index (χ0v) is 17.7. The summed E-state index contributed by atoms with van der Waals surface area (Å²) in [6, 6.07) is 8.47. The summed E-state index contributed by atoms with van der Waals surface area (Å²) in [5.74, 6) is 1.37. The van der Waals surface area contributed by atoms with Crippen LogP contribution in [-0.2, 0) is 22.7 Å². The first-order valence-electron chi connectivity index (χ1n) is 11.5. The average molecular weight is 398 g/mol. The summed E-state index contributed by atoms with van der Waals surface area (Å²) in [7, 11) is 0. The summed E-state index contributed by atoms with van der Waals surface area (Å²) in [5.41, 5.74) is 2.53. The molecule has 0 aromatic heterocycles. The van der Waals surface area contributed by atoms with E-state index in [4.69, 9.17) is 0 Å². The maximum atomic E-state index is 12.8. The molecule has 2 saturated heterocycles. The van der Waals surface area contributed by atoms with Crippen LogP contribution in [0.15, 0.2) is 24.3 Å². The standard InChI is InChI=1S/C24H35N3O2/c1-18-10-13-26(14-11-18)16-21-6-3-2-5-20(21)15-25-23(28)22-7-4-12-27(17-22)24(29)19-8-9-19/h2-3,5-6,18-19,22H,4,7-17H2,1H3,(H,25,28). The van der Waals surface area contributed by atoms with E-state index in [0.717, 1.165) is 57.8 Å². The van der Waals surface area contributed by atoms with Crippen molar-refractivity contribution in [1.29, 1.82) is 0 Å². The van der Waals surface area contributed by atoms with Crippen LogP contribution in [0.4, 0.5) is 0 Å². The van der Waals surface area contributed by atoms with Gasteiger partial charge in [-0.05, 0) is 68.7 Å². The molecule has 1 saturated carbocycles. The molecule has 1 atom stereocenters. The molecule has 2 heterocycles. The number of amides is 2. The fourth-order valence-electron chi connectivity index (χ4n) is 4.65. The van der Waals surface area contributed by atoms with E-state index in [1.54, 1.807) is 0 Å². The Bertz CT molecular complexity index is 723. The number of nitrogens with one attached hydrogen (secondary N) is 1. The largest absolute Gasteiger partial charge is 0.352 e. The molecule has 1 unspecified atom stereocenters. The van der Waals surface area contributed by atoms with Crippen LogP contribution < -0.4 is 5.32 Å². The Hall–Kier alpha value is -1.88. The Morgan fingerprint density at radius 1 is 0.966 bits per heavy atom. The highest BCUT2D eigenvalue weighted by atomic mass is 16.2. The summed E-state index contributed by atoms with van der Waals surface area (Å²) in [6.45, 7) is 7.61. The second kappa shape index (κ2) is 9.29. The molecule has 1 aliphatic carbocycles. The van der Waals surface area contributed by atoms with Gasteiger partial charge in [-0.15, -0.1) is 0 Å². The first-order valence-corrected chi connectivity index (χ1v) is 11.5. The minimum atomic E-state index is -0.0674. The molecule has 5 heteroatoms. The van der Waals surface area contributed by atoms with Crippen LogP contribution in [0, 0.1) is 17.8 Å². The SMILES string of the molecule is CC1CCN(Cc2ccccc2CNC(=O)C2CCCN(C(=O)C3CC3)C2)CC1. The van der Waals surface area contributed by atoms with Gasteiger partial charge in [0, 0.05) is 32.1 Å². The van der Waals surface area contributed by atoms with Gasteiger partial charge in [0.1, 0.15) is 0 Å². The quantitative estimate of drug-likeness (QED) is 0.802. The molecule has 1 aromatic carbocycles. The molecule has 158 valence electrons. The lowest BCUT2D eigenvalue weighted by Crippen LogP contribution is -2.45. The number of carbonyl (C=O) groups is 2. The molecule has 3 fully saturated rings. The number of hydrogen-bond acceptors (Lipinski definition) is 3. The minimum Gasteiger partial charge on any atom is -0.352 e. The zero-order valence-electron chi connectivity index (χ0n) is 17.7. The smallest absolute Gasteiger partial charge is 0.225 e. The normalized spacial score (nSPS) is 23.8. The molecule has 0 radical (unpaired) electrons. The van der Waals surface area contributed by atoms with Gasteiger partial charge in [-0.3, -0.25) is 14.5 Å². The predicted molar refractivity (Wildman–Crippen MR) is 114 cm³/mol. The van der Waals surface area contributed by atoms with E-state index in [1.165, 1.54) is 24.0 Å². The van der Waals surface area contributed by atoms with E-state index in [1.807, 2.05) is 4.90 Å². The molecule has 4 rings (SSSR count). The molecule has 3 aliphatic rings. The first kappa shape index (κ1) is 20.4. The van der Waals surface area contributed by atoms with Crippen LogP contribution in [0.3, 0.4) is 0 Å². The van der Waals surface area contributed by atoms with Gasteiger partial charge < -0.3 is 10.2 Å². The minimum absolute atomic E-state index is 0.0674. The molecular weight excluding hydrogens is 362 g/mol. The molecule has 1 aromatic rings. The maximum absolute atomic E-state index is 12.8. The molecule has 2 amide bonds. The maximum Gasteiger partial charge on any atom is 0.225 e. The molecule has 0 spiro atoms. The van der Waals surface area contributed by atoms with Crippen molar-refractivity contribution >= 4 is 11.8 Å². The van der Waals surface area contributed by atoms with Gasteiger partial charge in [-0.2, -0.15) is 0 Å². The Kier molecular flexibility index (Phi) is 6.53. The van der Waals surface area contributed by atoms with E-state index in [0.29, 0.717) is 13.1 Å². The molecule has 2 aliphatic heterocycles. The zero-order chi connectivity index (χ0) is 20.2. The third-order valence-corrected chi connectivity index (χ3v) is 6.87. The van der Waals surface area contributed by atoms with Crippen molar-refractivity contribution in [3.05, 3.63) is 35.4 Å². The number of likely N-dealkylation sites (tertiary alicyclic amines) is 2.